The number of ether oxygens (including phenoxy) is 1. The Morgan fingerprint density at radius 3 is 2.09 bits per heavy atom. The molecule has 1 rings (SSSR count). The highest BCUT2D eigenvalue weighted by Gasteiger charge is 2.55. The van der Waals surface area contributed by atoms with Crippen molar-refractivity contribution in [2.45, 2.75) is 59.2 Å². The molecule has 0 bridgehead atoms. The first-order chi connectivity index (χ1) is 4.90. The lowest BCUT2D eigenvalue weighted by molar-refractivity contribution is 0.220. The van der Waals surface area contributed by atoms with Crippen LogP contribution in [0, 0.1) is 5.41 Å². The minimum absolute atomic E-state index is 0.151. The van der Waals surface area contributed by atoms with Crippen LogP contribution in [-0.2, 0) is 4.74 Å². The van der Waals surface area contributed by atoms with Gasteiger partial charge in [-0.1, -0.05) is 27.2 Å². The van der Waals surface area contributed by atoms with Crippen LogP contribution < -0.4 is 0 Å². The Bertz CT molecular complexity index is 147. The third-order valence-corrected chi connectivity index (χ3v) is 2.60. The minimum Gasteiger partial charge on any atom is -0.366 e. The van der Waals surface area contributed by atoms with Gasteiger partial charge >= 0.3 is 0 Å². The molecule has 0 aromatic rings. The van der Waals surface area contributed by atoms with Crippen LogP contribution in [0.25, 0.3) is 0 Å². The maximum absolute atomic E-state index is 5.62. The Labute approximate surface area is 70.1 Å². The second-order valence-electron chi connectivity index (χ2n) is 4.84. The Morgan fingerprint density at radius 2 is 1.82 bits per heavy atom. The van der Waals surface area contributed by atoms with E-state index in [1.807, 2.05) is 0 Å². The van der Waals surface area contributed by atoms with E-state index in [1.165, 1.54) is 12.8 Å². The fourth-order valence-corrected chi connectivity index (χ4v) is 2.15. The van der Waals surface area contributed by atoms with Crippen LogP contribution in [0.1, 0.15) is 47.5 Å². The molecule has 0 unspecified atom stereocenters. The lowest BCUT2D eigenvalue weighted by Gasteiger charge is -2.22. The second-order valence-corrected chi connectivity index (χ2v) is 4.84. The summed E-state index contributed by atoms with van der Waals surface area (Å²) in [6, 6.07) is 0. The van der Waals surface area contributed by atoms with Gasteiger partial charge in [-0.05, 0) is 25.7 Å². The molecule has 1 fully saturated rings. The van der Waals surface area contributed by atoms with E-state index < -0.39 is 0 Å². The fraction of sp³-hybridized carbons (Fsp3) is 1.00. The zero-order chi connectivity index (χ0) is 8.70. The van der Waals surface area contributed by atoms with Crippen molar-refractivity contribution in [3.63, 3.8) is 0 Å². The Morgan fingerprint density at radius 1 is 1.36 bits per heavy atom. The van der Waals surface area contributed by atoms with Gasteiger partial charge < -0.3 is 4.74 Å². The third kappa shape index (κ3) is 1.76. The van der Waals surface area contributed by atoms with E-state index in [0.29, 0.717) is 11.5 Å². The van der Waals surface area contributed by atoms with Gasteiger partial charge in [0.25, 0.3) is 0 Å². The Kier molecular flexibility index (Phi) is 2.04. The third-order valence-electron chi connectivity index (χ3n) is 2.60. The molecule has 0 aromatic carbocycles. The van der Waals surface area contributed by atoms with Gasteiger partial charge in [-0.25, -0.2) is 0 Å². The summed E-state index contributed by atoms with van der Waals surface area (Å²) in [7, 11) is 0. The minimum atomic E-state index is 0.151. The zero-order valence-corrected chi connectivity index (χ0v) is 8.40. The van der Waals surface area contributed by atoms with Crippen molar-refractivity contribution in [3.8, 4) is 0 Å². The number of rotatable bonds is 3. The van der Waals surface area contributed by atoms with Crippen molar-refractivity contribution in [2.75, 3.05) is 0 Å². The summed E-state index contributed by atoms with van der Waals surface area (Å²) in [6.45, 7) is 11.2. The SMILES string of the molecule is CCCC(C)(C)[C@@H]1OC1(C)C. The highest BCUT2D eigenvalue weighted by Crippen LogP contribution is 2.48. The summed E-state index contributed by atoms with van der Waals surface area (Å²) in [5, 5.41) is 0. The van der Waals surface area contributed by atoms with Crippen LogP contribution in [0.3, 0.4) is 0 Å². The van der Waals surface area contributed by atoms with Crippen molar-refractivity contribution >= 4 is 0 Å². The summed E-state index contributed by atoms with van der Waals surface area (Å²) < 4.78 is 5.62. The molecule has 1 nitrogen and oxygen atoms in total. The first kappa shape index (κ1) is 9.05. The summed E-state index contributed by atoms with van der Waals surface area (Å²) in [4.78, 5) is 0. The van der Waals surface area contributed by atoms with Crippen LogP contribution in [-0.4, -0.2) is 11.7 Å². The second kappa shape index (κ2) is 2.48. The molecule has 0 amide bonds. The first-order valence-electron chi connectivity index (χ1n) is 4.58. The molecule has 0 radical (unpaired) electrons. The molecule has 1 aliphatic heterocycles. The molecule has 0 aliphatic carbocycles. The summed E-state index contributed by atoms with van der Waals surface area (Å²) in [6.07, 6.45) is 3.00. The van der Waals surface area contributed by atoms with Crippen LogP contribution in [0.15, 0.2) is 0 Å². The lowest BCUT2D eigenvalue weighted by Crippen LogP contribution is -2.23. The largest absolute Gasteiger partial charge is 0.366 e. The normalized spacial score (nSPS) is 28.6. The monoisotopic (exact) mass is 156 g/mol. The molecule has 1 heteroatoms. The predicted molar refractivity (Wildman–Crippen MR) is 47.6 cm³/mol. The van der Waals surface area contributed by atoms with Crippen LogP contribution in [0.2, 0.25) is 0 Å². The average Bonchev–Trinajstić information content (AvgIpc) is 2.41. The summed E-state index contributed by atoms with van der Waals surface area (Å²) in [5.41, 5.74) is 0.525. The van der Waals surface area contributed by atoms with E-state index in [-0.39, 0.29) is 5.60 Å². The van der Waals surface area contributed by atoms with Crippen molar-refractivity contribution < 1.29 is 4.74 Å². The molecule has 0 saturated carbocycles. The summed E-state index contributed by atoms with van der Waals surface area (Å²) >= 11 is 0. The Balaban J connectivity index is 2.48. The highest BCUT2D eigenvalue weighted by molar-refractivity contribution is 5.02. The number of hydrogen-bond acceptors (Lipinski definition) is 1. The molecular weight excluding hydrogens is 136 g/mol. The standard InChI is InChI=1S/C10H20O/c1-6-7-9(2,3)8-10(4,5)11-8/h8H,6-7H2,1-5H3/t8-/m0/s1. The van der Waals surface area contributed by atoms with E-state index in [9.17, 15) is 0 Å². The van der Waals surface area contributed by atoms with Crippen LogP contribution in [0.4, 0.5) is 0 Å². The number of hydrogen-bond donors (Lipinski definition) is 0. The molecule has 66 valence electrons. The molecule has 1 atom stereocenters. The van der Waals surface area contributed by atoms with Gasteiger partial charge in [0.1, 0.15) is 0 Å². The van der Waals surface area contributed by atoms with Gasteiger partial charge in [-0.3, -0.25) is 0 Å². The van der Waals surface area contributed by atoms with Gasteiger partial charge in [0.2, 0.25) is 0 Å². The fourth-order valence-electron chi connectivity index (χ4n) is 2.15. The molecular formula is C10H20O. The highest BCUT2D eigenvalue weighted by atomic mass is 16.6. The zero-order valence-electron chi connectivity index (χ0n) is 8.40. The quantitative estimate of drug-likeness (QED) is 0.572. The van der Waals surface area contributed by atoms with E-state index in [4.69, 9.17) is 4.74 Å². The molecule has 0 aromatic heterocycles. The van der Waals surface area contributed by atoms with Gasteiger partial charge in [-0.15, -0.1) is 0 Å². The van der Waals surface area contributed by atoms with E-state index in [0.717, 1.165) is 0 Å². The predicted octanol–water partition coefficient (Wildman–Crippen LogP) is 2.99. The molecule has 1 aliphatic rings. The molecule has 1 heterocycles. The van der Waals surface area contributed by atoms with E-state index in [1.54, 1.807) is 0 Å². The first-order valence-corrected chi connectivity index (χ1v) is 4.58. The van der Waals surface area contributed by atoms with Crippen LogP contribution in [0.5, 0.6) is 0 Å². The molecule has 0 N–H and O–H groups in total. The van der Waals surface area contributed by atoms with Gasteiger partial charge in [0, 0.05) is 0 Å². The maximum atomic E-state index is 5.62. The van der Waals surface area contributed by atoms with Gasteiger partial charge in [0.15, 0.2) is 0 Å². The number of epoxide rings is 1. The van der Waals surface area contributed by atoms with Crippen molar-refractivity contribution in [3.05, 3.63) is 0 Å². The van der Waals surface area contributed by atoms with Crippen LogP contribution >= 0.6 is 0 Å². The van der Waals surface area contributed by atoms with E-state index >= 15 is 0 Å². The van der Waals surface area contributed by atoms with Gasteiger partial charge in [0.05, 0.1) is 11.7 Å². The maximum Gasteiger partial charge on any atom is 0.0918 e. The van der Waals surface area contributed by atoms with Gasteiger partial charge in [-0.2, -0.15) is 0 Å². The van der Waals surface area contributed by atoms with Crippen molar-refractivity contribution in [1.82, 2.24) is 0 Å². The Hall–Kier alpha value is -0.0400. The molecule has 0 spiro atoms. The van der Waals surface area contributed by atoms with E-state index in [2.05, 4.69) is 34.6 Å². The topological polar surface area (TPSA) is 12.5 Å². The smallest absolute Gasteiger partial charge is 0.0918 e. The lowest BCUT2D eigenvalue weighted by atomic mass is 9.80. The molecule has 11 heavy (non-hydrogen) atoms. The van der Waals surface area contributed by atoms with Crippen molar-refractivity contribution in [2.24, 2.45) is 5.41 Å². The molecule has 1 saturated heterocycles. The summed E-state index contributed by atoms with van der Waals surface area (Å²) in [5.74, 6) is 0. The van der Waals surface area contributed by atoms with Crippen molar-refractivity contribution in [1.29, 1.82) is 0 Å². The average molecular weight is 156 g/mol.